The monoisotopic (exact) mass is 175 g/mol. The van der Waals surface area contributed by atoms with Crippen LogP contribution in [0, 0.1) is 26.8 Å². The van der Waals surface area contributed by atoms with Crippen molar-refractivity contribution in [3.8, 4) is 0 Å². The predicted molar refractivity (Wildman–Crippen MR) is 39.5 cm³/mol. The Kier molecular flexibility index (Phi) is 3.70. The van der Waals surface area contributed by atoms with Crippen LogP contribution in [0.25, 0.3) is 0 Å². The fraction of sp³-hybridized carbons (Fsp3) is 0.333. The van der Waals surface area contributed by atoms with Crippen molar-refractivity contribution in [1.29, 1.82) is 0 Å². The van der Waals surface area contributed by atoms with E-state index in [1.54, 1.807) is 0 Å². The predicted octanol–water partition coefficient (Wildman–Crippen LogP) is 2.41. The van der Waals surface area contributed by atoms with Crippen molar-refractivity contribution in [2.24, 2.45) is 0 Å². The minimum Gasteiger partial charge on any atom is -0.0557 e. The zero-order chi connectivity index (χ0) is 6.85. The first kappa shape index (κ1) is 9.74. The molecule has 0 nitrogen and oxygen atoms in total. The summed E-state index contributed by atoms with van der Waals surface area (Å²) in [6.07, 6.45) is 0. The van der Waals surface area contributed by atoms with Gasteiger partial charge in [-0.15, -0.1) is 0 Å². The molecule has 0 spiro atoms. The van der Waals surface area contributed by atoms with Gasteiger partial charge in [-0.3, -0.25) is 0 Å². The van der Waals surface area contributed by atoms with E-state index in [9.17, 15) is 0 Å². The molecule has 0 fully saturated rings. The Morgan fingerprint density at radius 3 is 1.70 bits per heavy atom. The average Bonchev–Trinajstić information content (AvgIpc) is 1.59. The van der Waals surface area contributed by atoms with E-state index < -0.39 is 0 Å². The fourth-order valence-electron chi connectivity index (χ4n) is 1.11. The number of hydrogen-bond acceptors (Lipinski definition) is 0. The Morgan fingerprint density at radius 2 is 1.40 bits per heavy atom. The van der Waals surface area contributed by atoms with Crippen LogP contribution in [0.15, 0.2) is 12.1 Å². The summed E-state index contributed by atoms with van der Waals surface area (Å²) in [5, 5.41) is 0. The smallest absolute Gasteiger partial charge is 0 e. The van der Waals surface area contributed by atoms with Crippen LogP contribution < -0.4 is 0 Å². The van der Waals surface area contributed by atoms with E-state index in [2.05, 4.69) is 39.0 Å². The molecular weight excluding hydrogens is 164 g/mol. The van der Waals surface area contributed by atoms with Gasteiger partial charge in [0.1, 0.15) is 0 Å². The molecule has 0 amide bonds. The van der Waals surface area contributed by atoms with E-state index in [1.807, 2.05) is 0 Å². The third kappa shape index (κ3) is 2.55. The third-order valence-electron chi connectivity index (χ3n) is 1.28. The first-order valence-electron chi connectivity index (χ1n) is 3.15. The van der Waals surface area contributed by atoms with Crippen LogP contribution >= 0.6 is 0 Å². The zero-order valence-electron chi connectivity index (χ0n) is 6.51. The van der Waals surface area contributed by atoms with Gasteiger partial charge in [0.15, 0.2) is 0 Å². The van der Waals surface area contributed by atoms with Crippen molar-refractivity contribution in [2.75, 3.05) is 0 Å². The largest absolute Gasteiger partial charge is 0.0557 e. The summed E-state index contributed by atoms with van der Waals surface area (Å²) in [5.74, 6) is 0. The van der Waals surface area contributed by atoms with Gasteiger partial charge < -0.3 is 0 Å². The number of rotatable bonds is 0. The van der Waals surface area contributed by atoms with Crippen molar-refractivity contribution in [3.63, 3.8) is 0 Å². The summed E-state index contributed by atoms with van der Waals surface area (Å²) in [6, 6.07) is 7.47. The summed E-state index contributed by atoms with van der Waals surface area (Å²) < 4.78 is 0. The van der Waals surface area contributed by atoms with E-state index in [0.717, 1.165) is 0 Å². The molecule has 1 heteroatoms. The van der Waals surface area contributed by atoms with Crippen molar-refractivity contribution in [2.45, 2.75) is 20.8 Å². The van der Waals surface area contributed by atoms with Crippen LogP contribution in [0.2, 0.25) is 0 Å². The zero-order valence-corrected chi connectivity index (χ0v) is 7.61. The molecule has 1 rings (SSSR count). The maximum Gasteiger partial charge on any atom is 0 e. The molecule has 10 heavy (non-hydrogen) atoms. The van der Waals surface area contributed by atoms with Crippen molar-refractivity contribution in [1.82, 2.24) is 0 Å². The minimum absolute atomic E-state index is 0. The van der Waals surface area contributed by atoms with Gasteiger partial charge in [-0.2, -0.15) is 0 Å². The molecule has 0 saturated carbocycles. The van der Waals surface area contributed by atoms with Crippen LogP contribution in [0.1, 0.15) is 16.7 Å². The molecule has 0 heterocycles. The average molecular weight is 175 g/mol. The van der Waals surface area contributed by atoms with Gasteiger partial charge in [-0.1, -0.05) is 17.7 Å². The molecule has 0 N–H and O–H groups in total. The van der Waals surface area contributed by atoms with Gasteiger partial charge in [0.05, 0.1) is 0 Å². The molecule has 55 valence electrons. The first-order valence-corrected chi connectivity index (χ1v) is 3.15. The van der Waals surface area contributed by atoms with Gasteiger partial charge in [-0.05, 0) is 38.0 Å². The molecule has 1 aromatic rings. The number of aryl methyl sites for hydroxylation is 3. The molecule has 1 radical (unpaired) electrons. The van der Waals surface area contributed by atoms with Crippen LogP contribution in [0.5, 0.6) is 0 Å². The van der Waals surface area contributed by atoms with E-state index in [1.165, 1.54) is 16.7 Å². The fourth-order valence-corrected chi connectivity index (χ4v) is 1.11. The molecule has 0 aromatic heterocycles. The molecule has 0 aliphatic rings. The van der Waals surface area contributed by atoms with Gasteiger partial charge in [0.2, 0.25) is 0 Å². The molecule has 0 aliphatic heterocycles. The van der Waals surface area contributed by atoms with E-state index in [-0.39, 0.29) is 17.1 Å². The quantitative estimate of drug-likeness (QED) is 0.531. The molecule has 1 aromatic carbocycles. The van der Waals surface area contributed by atoms with Gasteiger partial charge in [0, 0.05) is 17.1 Å². The molecule has 0 bridgehead atoms. The Morgan fingerprint density at radius 1 is 1.00 bits per heavy atom. The second-order valence-corrected chi connectivity index (χ2v) is 2.52. The third-order valence-corrected chi connectivity index (χ3v) is 1.28. The molecular formula is C9H11Fe. The first-order chi connectivity index (χ1) is 4.18. The summed E-state index contributed by atoms with van der Waals surface area (Å²) in [4.78, 5) is 0. The van der Waals surface area contributed by atoms with Gasteiger partial charge in [0.25, 0.3) is 0 Å². The number of benzene rings is 1. The van der Waals surface area contributed by atoms with Crippen LogP contribution in [-0.4, -0.2) is 0 Å². The Balaban J connectivity index is 0.000000810. The topological polar surface area (TPSA) is 0 Å². The van der Waals surface area contributed by atoms with Crippen LogP contribution in [0.3, 0.4) is 0 Å². The Bertz CT molecular complexity index is 165. The Labute approximate surface area is 73.1 Å². The summed E-state index contributed by atoms with van der Waals surface area (Å²) in [7, 11) is 0. The van der Waals surface area contributed by atoms with E-state index in [4.69, 9.17) is 0 Å². The summed E-state index contributed by atoms with van der Waals surface area (Å²) >= 11 is 0. The standard InChI is InChI=1S/C9H11.Fe/c1-7-4-8(2)6-9(3)5-7;/h4-5H,1-3H3;. The second-order valence-electron chi connectivity index (χ2n) is 2.52. The minimum atomic E-state index is 0. The Hall–Kier alpha value is -0.261. The van der Waals surface area contributed by atoms with Crippen molar-refractivity contribution in [3.05, 3.63) is 34.9 Å². The van der Waals surface area contributed by atoms with Crippen molar-refractivity contribution < 1.29 is 17.1 Å². The van der Waals surface area contributed by atoms with Crippen LogP contribution in [0.4, 0.5) is 0 Å². The maximum absolute atomic E-state index is 3.21. The normalized spacial score (nSPS) is 8.70. The SMILES string of the molecule is Cc1[c]c(C)cc(C)c1.[Fe]. The van der Waals surface area contributed by atoms with Crippen LogP contribution in [-0.2, 0) is 17.1 Å². The maximum atomic E-state index is 3.21. The molecule has 0 atom stereocenters. The van der Waals surface area contributed by atoms with Gasteiger partial charge >= 0.3 is 0 Å². The van der Waals surface area contributed by atoms with Gasteiger partial charge in [-0.25, -0.2) is 0 Å². The van der Waals surface area contributed by atoms with E-state index >= 15 is 0 Å². The second kappa shape index (κ2) is 3.80. The molecule has 0 aliphatic carbocycles. The molecule has 0 unspecified atom stereocenters. The van der Waals surface area contributed by atoms with E-state index in [0.29, 0.717) is 0 Å². The number of hydrogen-bond donors (Lipinski definition) is 0. The molecule has 0 saturated heterocycles. The van der Waals surface area contributed by atoms with Crippen molar-refractivity contribution >= 4 is 0 Å². The summed E-state index contributed by atoms with van der Waals surface area (Å²) in [5.41, 5.74) is 3.78. The summed E-state index contributed by atoms with van der Waals surface area (Å²) in [6.45, 7) is 6.24.